The van der Waals surface area contributed by atoms with Crippen molar-refractivity contribution in [1.29, 1.82) is 0 Å². The predicted octanol–water partition coefficient (Wildman–Crippen LogP) is -5.29. The van der Waals surface area contributed by atoms with Crippen molar-refractivity contribution >= 4 is 23.7 Å². The molecule has 0 amide bonds. The molecule has 0 radical (unpaired) electrons. The standard InChI is InChI=1S/Cl2O.Hf.8H2O/c1-3-2;;;;;;;;;/h;;8*1H2. The SMILES string of the molecule is ClOCl.O.O.O.O.O.O.O.O.[Hf]. The molecular weight excluding hydrogens is 393 g/mol. The molecule has 0 heterocycles. The van der Waals surface area contributed by atoms with E-state index in [0.717, 1.165) is 0 Å². The molecule has 9 nitrogen and oxygen atoms in total. The third-order valence-electron chi connectivity index (χ3n) is 0. The number of hydrogen-bond donors (Lipinski definition) is 0. The molecule has 0 rings (SSSR count). The summed E-state index contributed by atoms with van der Waals surface area (Å²) in [5.74, 6) is 0. The second-order valence-corrected chi connectivity index (χ2v) is 0.525. The monoisotopic (exact) mass is 410 g/mol. The summed E-state index contributed by atoms with van der Waals surface area (Å²) in [6.45, 7) is 0. The third-order valence-corrected chi connectivity index (χ3v) is 0. The van der Waals surface area contributed by atoms with Gasteiger partial charge in [0.1, 0.15) is 0 Å². The minimum atomic E-state index is 0. The van der Waals surface area contributed by atoms with E-state index in [1.807, 2.05) is 0 Å². The molecule has 12 heavy (non-hydrogen) atoms. The maximum atomic E-state index is 4.26. The first kappa shape index (κ1) is 200. The molecule has 16 N–H and O–H groups in total. The van der Waals surface area contributed by atoms with Crippen LogP contribution in [0, 0.1) is 0 Å². The fourth-order valence-electron chi connectivity index (χ4n) is 0. The maximum Gasteiger partial charge on any atom is 0.0832 e. The fourth-order valence-corrected chi connectivity index (χ4v) is 0. The van der Waals surface area contributed by atoms with Gasteiger partial charge in [0, 0.05) is 25.8 Å². The van der Waals surface area contributed by atoms with Crippen LogP contribution in [0.3, 0.4) is 0 Å². The second kappa shape index (κ2) is 340. The van der Waals surface area contributed by atoms with Gasteiger partial charge in [-0.3, -0.25) is 0 Å². The van der Waals surface area contributed by atoms with Crippen molar-refractivity contribution in [1.82, 2.24) is 0 Å². The van der Waals surface area contributed by atoms with E-state index in [4.69, 9.17) is 0 Å². The molecule has 0 bridgehead atoms. The summed E-state index contributed by atoms with van der Waals surface area (Å²) in [5, 5.41) is 0. The van der Waals surface area contributed by atoms with Crippen molar-refractivity contribution < 1.29 is 73.5 Å². The molecule has 0 aromatic rings. The van der Waals surface area contributed by atoms with Gasteiger partial charge in [0.2, 0.25) is 0 Å². The summed E-state index contributed by atoms with van der Waals surface area (Å²) in [5.41, 5.74) is 0. The van der Waals surface area contributed by atoms with Gasteiger partial charge in [-0.15, -0.1) is 0 Å². The number of rotatable bonds is 0. The van der Waals surface area contributed by atoms with E-state index in [0.29, 0.717) is 0 Å². The first-order chi connectivity index (χ1) is 1.41. The molecule has 0 aliphatic rings. The largest absolute Gasteiger partial charge is 0.412 e. The summed E-state index contributed by atoms with van der Waals surface area (Å²) in [6, 6.07) is 0. The third kappa shape index (κ3) is 950. The van der Waals surface area contributed by atoms with Gasteiger partial charge in [-0.2, -0.15) is 3.84 Å². The van der Waals surface area contributed by atoms with E-state index < -0.39 is 0 Å². The average Bonchev–Trinajstić information content (AvgIpc) is 0.918. The predicted molar refractivity (Wildman–Crippen MR) is 41.7 cm³/mol. The van der Waals surface area contributed by atoms with Gasteiger partial charge in [-0.05, 0) is 0 Å². The van der Waals surface area contributed by atoms with Crippen LogP contribution in [0.25, 0.3) is 0 Å². The van der Waals surface area contributed by atoms with Crippen LogP contribution in [0.4, 0.5) is 0 Å². The molecule has 88 valence electrons. The van der Waals surface area contributed by atoms with Crippen LogP contribution in [0.2, 0.25) is 0 Å². The van der Waals surface area contributed by atoms with E-state index in [1.165, 1.54) is 0 Å². The van der Waals surface area contributed by atoms with Crippen LogP contribution < -0.4 is 0 Å². The molecule has 0 aliphatic carbocycles. The molecule has 0 aromatic heterocycles. The Bertz CT molecular complexity index is 12.5. The van der Waals surface area contributed by atoms with Crippen molar-refractivity contribution in [3.63, 3.8) is 0 Å². The summed E-state index contributed by atoms with van der Waals surface area (Å²) in [6.07, 6.45) is 0. The van der Waals surface area contributed by atoms with Crippen LogP contribution in [0.5, 0.6) is 0 Å². The minimum Gasteiger partial charge on any atom is -0.412 e. The van der Waals surface area contributed by atoms with Crippen molar-refractivity contribution in [3.8, 4) is 0 Å². The molecule has 0 saturated carbocycles. The van der Waals surface area contributed by atoms with E-state index in [-0.39, 0.29) is 69.7 Å². The normalized spacial score (nSPS) is 1.50. The Balaban J connectivity index is -0.000000000556. The van der Waals surface area contributed by atoms with Crippen LogP contribution >= 0.6 is 23.7 Å². The molecule has 12 heteroatoms. The smallest absolute Gasteiger partial charge is 0.0832 e. The molecule has 0 aliphatic heterocycles. The van der Waals surface area contributed by atoms with Crippen molar-refractivity contribution in [2.45, 2.75) is 0 Å². The van der Waals surface area contributed by atoms with E-state index in [1.54, 1.807) is 0 Å². The van der Waals surface area contributed by atoms with Gasteiger partial charge >= 0.3 is 0 Å². The molecule has 0 spiro atoms. The van der Waals surface area contributed by atoms with Crippen LogP contribution in [0.1, 0.15) is 0 Å². The average molecular weight is 410 g/mol. The van der Waals surface area contributed by atoms with E-state index >= 15 is 0 Å². The van der Waals surface area contributed by atoms with Crippen LogP contribution in [0.15, 0.2) is 0 Å². The maximum absolute atomic E-state index is 4.26. The summed E-state index contributed by atoms with van der Waals surface area (Å²) >= 11 is 8.53. The van der Waals surface area contributed by atoms with Gasteiger partial charge in [0.05, 0.1) is 23.7 Å². The number of hydrogen-bond acceptors (Lipinski definition) is 1. The number of halogens is 2. The van der Waals surface area contributed by atoms with E-state index in [2.05, 4.69) is 27.6 Å². The minimum absolute atomic E-state index is 0. The molecular formula is H16Cl2HfO9. The second-order valence-electron chi connectivity index (χ2n) is 0.0583. The first-order valence-corrected chi connectivity index (χ1v) is 0.926. The van der Waals surface area contributed by atoms with Gasteiger partial charge < -0.3 is 43.8 Å². The molecule has 0 fully saturated rings. The van der Waals surface area contributed by atoms with Gasteiger partial charge in [0.25, 0.3) is 0 Å². The molecule has 0 atom stereocenters. The quantitative estimate of drug-likeness (QED) is 0.348. The topological polar surface area (TPSA) is 261 Å². The Hall–Kier alpha value is 1.09. The summed E-state index contributed by atoms with van der Waals surface area (Å²) < 4.78 is 3.19. The molecule has 0 saturated heterocycles. The van der Waals surface area contributed by atoms with Gasteiger partial charge in [-0.1, -0.05) is 0 Å². The Morgan fingerprint density at radius 3 is 0.500 bits per heavy atom. The zero-order valence-corrected chi connectivity index (χ0v) is 10.8. The van der Waals surface area contributed by atoms with Crippen molar-refractivity contribution in [3.05, 3.63) is 0 Å². The van der Waals surface area contributed by atoms with E-state index in [9.17, 15) is 0 Å². The first-order valence-electron chi connectivity index (χ1n) is 0.309. The molecule has 0 aromatic carbocycles. The van der Waals surface area contributed by atoms with Crippen molar-refractivity contribution in [2.24, 2.45) is 0 Å². The summed E-state index contributed by atoms with van der Waals surface area (Å²) in [4.78, 5) is 0. The van der Waals surface area contributed by atoms with Crippen LogP contribution in [-0.4, -0.2) is 43.8 Å². The summed E-state index contributed by atoms with van der Waals surface area (Å²) in [7, 11) is 0. The Morgan fingerprint density at radius 1 is 0.500 bits per heavy atom. The zero-order chi connectivity index (χ0) is 2.71. The van der Waals surface area contributed by atoms with Gasteiger partial charge in [0.15, 0.2) is 0 Å². The van der Waals surface area contributed by atoms with Gasteiger partial charge in [-0.25, -0.2) is 0 Å². The zero-order valence-electron chi connectivity index (χ0n) is 5.66. The van der Waals surface area contributed by atoms with Crippen molar-refractivity contribution in [2.75, 3.05) is 0 Å². The molecule has 0 unspecified atom stereocenters. The Labute approximate surface area is 97.2 Å². The Morgan fingerprint density at radius 2 is 0.500 bits per heavy atom. The fraction of sp³-hybridized carbons (Fsp3) is 0. The van der Waals surface area contributed by atoms with Crippen LogP contribution in [-0.2, 0) is 29.7 Å². The Kier molecular flexibility index (Phi) is 5680.